The first-order valence-electron chi connectivity index (χ1n) is 2.85. The van der Waals surface area contributed by atoms with Gasteiger partial charge in [-0.05, 0) is 13.0 Å². The molecule has 1 atom stereocenters. The maximum atomic E-state index is 10.4. The summed E-state index contributed by atoms with van der Waals surface area (Å²) in [7, 11) is -2.15. The van der Waals surface area contributed by atoms with Gasteiger partial charge in [0.25, 0.3) is 0 Å². The third-order valence-corrected chi connectivity index (χ3v) is 1.43. The Balaban J connectivity index is 3.05. The molecule has 3 N–H and O–H groups in total. The van der Waals surface area contributed by atoms with E-state index in [4.69, 9.17) is 10.8 Å². The average Bonchev–Trinajstić information content (AvgIpc) is 1.89. The Bertz CT molecular complexity index is 99.3. The molecule has 0 rings (SSSR count). The maximum absolute atomic E-state index is 10.4. The molecule has 0 heterocycles. The predicted molar refractivity (Wildman–Crippen MR) is 35.4 cm³/mol. The highest BCUT2D eigenvalue weighted by Crippen LogP contribution is 2.22. The van der Waals surface area contributed by atoms with Crippen molar-refractivity contribution in [1.29, 1.82) is 0 Å². The molecular formula is C4H11NO4P+. The van der Waals surface area contributed by atoms with E-state index in [1.54, 1.807) is 0 Å². The van der Waals surface area contributed by atoms with Crippen LogP contribution in [0.25, 0.3) is 0 Å². The van der Waals surface area contributed by atoms with Gasteiger partial charge in [0.1, 0.15) is 6.61 Å². The van der Waals surface area contributed by atoms with Crippen molar-refractivity contribution in [3.05, 3.63) is 0 Å². The normalized spacial score (nSPS) is 11.6. The first-order valence-corrected chi connectivity index (χ1v) is 3.94. The van der Waals surface area contributed by atoms with Gasteiger partial charge in [0.15, 0.2) is 0 Å². The number of hydrogen-bond acceptors (Lipinski definition) is 5. The van der Waals surface area contributed by atoms with Gasteiger partial charge in [0.05, 0.1) is 0 Å². The van der Waals surface area contributed by atoms with E-state index in [9.17, 15) is 4.57 Å². The second-order valence-corrected chi connectivity index (χ2v) is 2.42. The van der Waals surface area contributed by atoms with Crippen molar-refractivity contribution in [2.75, 3.05) is 19.9 Å². The standard InChI is InChI=1S/C4H11NO4P/c5-2-1-3-8-10(7)9-4-6/h6H,1-5H2/q+1. The van der Waals surface area contributed by atoms with Gasteiger partial charge in [-0.1, -0.05) is 4.52 Å². The Morgan fingerprint density at radius 2 is 2.20 bits per heavy atom. The van der Waals surface area contributed by atoms with Crippen molar-refractivity contribution < 1.29 is 18.7 Å². The van der Waals surface area contributed by atoms with Crippen molar-refractivity contribution in [3.63, 3.8) is 0 Å². The van der Waals surface area contributed by atoms with E-state index in [1.807, 2.05) is 0 Å². The molecule has 0 aromatic rings. The fourth-order valence-electron chi connectivity index (χ4n) is 0.307. The highest BCUT2D eigenvalue weighted by Gasteiger charge is 2.17. The third-order valence-electron chi connectivity index (χ3n) is 0.708. The SMILES string of the molecule is NCCCO[P+](=O)OCO. The second-order valence-electron chi connectivity index (χ2n) is 1.46. The molecule has 60 valence electrons. The summed E-state index contributed by atoms with van der Waals surface area (Å²) in [5, 5.41) is 8.08. The van der Waals surface area contributed by atoms with Crippen LogP contribution in [-0.2, 0) is 13.6 Å². The minimum atomic E-state index is -2.15. The molecule has 5 nitrogen and oxygen atoms in total. The number of aliphatic hydroxyl groups is 1. The smallest absolute Gasteiger partial charge is 0.367 e. The van der Waals surface area contributed by atoms with Gasteiger partial charge in [-0.15, -0.1) is 4.52 Å². The first-order chi connectivity index (χ1) is 4.81. The molecular weight excluding hydrogens is 157 g/mol. The van der Waals surface area contributed by atoms with Crippen molar-refractivity contribution in [1.82, 2.24) is 0 Å². The van der Waals surface area contributed by atoms with E-state index >= 15 is 0 Å². The van der Waals surface area contributed by atoms with E-state index in [0.717, 1.165) is 0 Å². The fourth-order valence-corrected chi connectivity index (χ4v) is 0.754. The summed E-state index contributed by atoms with van der Waals surface area (Å²) in [6, 6.07) is 0. The number of nitrogens with two attached hydrogens (primary N) is 1. The van der Waals surface area contributed by atoms with Gasteiger partial charge in [-0.3, -0.25) is 0 Å². The Labute approximate surface area is 60.1 Å². The van der Waals surface area contributed by atoms with Crippen LogP contribution in [0.15, 0.2) is 0 Å². The highest BCUT2D eigenvalue weighted by atomic mass is 31.1. The van der Waals surface area contributed by atoms with Crippen LogP contribution in [-0.4, -0.2) is 25.1 Å². The van der Waals surface area contributed by atoms with Gasteiger partial charge < -0.3 is 10.8 Å². The fraction of sp³-hybridized carbons (Fsp3) is 1.00. The molecule has 0 saturated carbocycles. The summed E-state index contributed by atoms with van der Waals surface area (Å²) in [5.74, 6) is 0. The molecule has 0 aromatic carbocycles. The lowest BCUT2D eigenvalue weighted by molar-refractivity contribution is 0.0855. The van der Waals surface area contributed by atoms with E-state index in [0.29, 0.717) is 19.6 Å². The highest BCUT2D eigenvalue weighted by molar-refractivity contribution is 7.33. The minimum absolute atomic E-state index is 0.297. The molecule has 1 unspecified atom stereocenters. The van der Waals surface area contributed by atoms with Crippen molar-refractivity contribution in [3.8, 4) is 0 Å². The molecule has 0 radical (unpaired) electrons. The molecule has 6 heteroatoms. The van der Waals surface area contributed by atoms with Crippen LogP contribution in [0.2, 0.25) is 0 Å². The maximum Gasteiger partial charge on any atom is 0.699 e. The molecule has 0 spiro atoms. The largest absolute Gasteiger partial charge is 0.699 e. The quantitative estimate of drug-likeness (QED) is 0.331. The predicted octanol–water partition coefficient (Wildman–Crippen LogP) is -0.0244. The average molecular weight is 168 g/mol. The zero-order valence-electron chi connectivity index (χ0n) is 5.52. The lowest BCUT2D eigenvalue weighted by Gasteiger charge is -1.86. The van der Waals surface area contributed by atoms with Gasteiger partial charge in [0, 0.05) is 4.57 Å². The molecule has 0 aliphatic carbocycles. The van der Waals surface area contributed by atoms with Crippen LogP contribution in [0.1, 0.15) is 6.42 Å². The number of rotatable bonds is 6. The molecule has 0 bridgehead atoms. The summed E-state index contributed by atoms with van der Waals surface area (Å²) >= 11 is 0. The molecule has 0 amide bonds. The topological polar surface area (TPSA) is 81.8 Å². The monoisotopic (exact) mass is 168 g/mol. The minimum Gasteiger partial charge on any atom is -0.367 e. The molecule has 10 heavy (non-hydrogen) atoms. The molecule has 0 fully saturated rings. The summed E-state index contributed by atoms with van der Waals surface area (Å²) in [6.07, 6.45) is 0.635. The van der Waals surface area contributed by atoms with Crippen LogP contribution >= 0.6 is 8.25 Å². The van der Waals surface area contributed by atoms with Crippen LogP contribution in [0.4, 0.5) is 0 Å². The van der Waals surface area contributed by atoms with Crippen LogP contribution in [0.5, 0.6) is 0 Å². The summed E-state index contributed by atoms with van der Waals surface area (Å²) < 4.78 is 19.2. The van der Waals surface area contributed by atoms with E-state index in [2.05, 4.69) is 9.05 Å². The van der Waals surface area contributed by atoms with E-state index in [-0.39, 0.29) is 0 Å². The van der Waals surface area contributed by atoms with Crippen LogP contribution < -0.4 is 5.73 Å². The van der Waals surface area contributed by atoms with Gasteiger partial charge in [-0.2, -0.15) is 0 Å². The Morgan fingerprint density at radius 1 is 1.50 bits per heavy atom. The van der Waals surface area contributed by atoms with Crippen molar-refractivity contribution >= 4 is 8.25 Å². The lowest BCUT2D eigenvalue weighted by Crippen LogP contribution is -2.01. The number of aliphatic hydroxyl groups excluding tert-OH is 1. The van der Waals surface area contributed by atoms with Gasteiger partial charge in [-0.25, -0.2) is 0 Å². The Morgan fingerprint density at radius 3 is 2.70 bits per heavy atom. The van der Waals surface area contributed by atoms with Crippen LogP contribution in [0, 0.1) is 0 Å². The Kier molecular flexibility index (Phi) is 7.01. The second kappa shape index (κ2) is 7.05. The summed E-state index contributed by atoms with van der Waals surface area (Å²) in [4.78, 5) is 0. The third kappa shape index (κ3) is 6.07. The van der Waals surface area contributed by atoms with Gasteiger partial charge >= 0.3 is 8.25 Å². The first kappa shape index (κ1) is 9.94. The Hall–Kier alpha value is -0.0600. The molecule has 0 aliphatic rings. The van der Waals surface area contributed by atoms with Gasteiger partial charge in [0.2, 0.25) is 6.79 Å². The molecule has 0 aromatic heterocycles. The van der Waals surface area contributed by atoms with Crippen molar-refractivity contribution in [2.24, 2.45) is 5.73 Å². The van der Waals surface area contributed by atoms with Crippen molar-refractivity contribution in [2.45, 2.75) is 6.42 Å². The molecule has 0 aliphatic heterocycles. The lowest BCUT2D eigenvalue weighted by atomic mass is 10.5. The van der Waals surface area contributed by atoms with E-state index in [1.165, 1.54) is 0 Å². The van der Waals surface area contributed by atoms with E-state index < -0.39 is 15.0 Å². The summed E-state index contributed by atoms with van der Waals surface area (Å²) in [6.45, 7) is 0.200. The zero-order chi connectivity index (χ0) is 7.82. The zero-order valence-corrected chi connectivity index (χ0v) is 6.42. The van der Waals surface area contributed by atoms with Crippen LogP contribution in [0.3, 0.4) is 0 Å². The number of hydrogen-bond donors (Lipinski definition) is 2. The molecule has 0 saturated heterocycles. The summed E-state index contributed by atoms with van der Waals surface area (Å²) in [5.41, 5.74) is 5.12.